The van der Waals surface area contributed by atoms with Gasteiger partial charge in [-0.2, -0.15) is 0 Å². The van der Waals surface area contributed by atoms with E-state index in [0.29, 0.717) is 6.54 Å². The molecule has 1 unspecified atom stereocenters. The minimum atomic E-state index is 0.0722. The molecule has 112 valence electrons. The molecule has 21 heavy (non-hydrogen) atoms. The summed E-state index contributed by atoms with van der Waals surface area (Å²) in [5.41, 5.74) is 1.05. The average Bonchev–Trinajstić information content (AvgIpc) is 2.89. The average molecular weight is 323 g/mol. The minimum Gasteiger partial charge on any atom is -0.350 e. The van der Waals surface area contributed by atoms with Crippen molar-refractivity contribution in [1.82, 2.24) is 15.6 Å². The molecule has 0 aliphatic heterocycles. The van der Waals surface area contributed by atoms with Crippen LogP contribution < -0.4 is 10.6 Å². The number of nitrogens with zero attached hydrogens (tertiary/aromatic N) is 2. The first kappa shape index (κ1) is 15.8. The molecule has 0 saturated carbocycles. The Hall–Kier alpha value is -1.59. The monoisotopic (exact) mass is 322 g/mol. The molecule has 4 nitrogen and oxygen atoms in total. The summed E-state index contributed by atoms with van der Waals surface area (Å²) in [6, 6.07) is 7.88. The number of aliphatic imine (C=N–C) groups is 1. The highest BCUT2D eigenvalue weighted by Gasteiger charge is 2.11. The minimum absolute atomic E-state index is 0.0722. The second kappa shape index (κ2) is 7.43. The van der Waals surface area contributed by atoms with Crippen LogP contribution in [0.3, 0.4) is 0 Å². The Labute approximate surface area is 134 Å². The zero-order chi connectivity index (χ0) is 15.2. The van der Waals surface area contributed by atoms with Crippen LogP contribution in [-0.2, 0) is 6.54 Å². The van der Waals surface area contributed by atoms with Crippen LogP contribution in [0.15, 0.2) is 35.5 Å². The van der Waals surface area contributed by atoms with Crippen LogP contribution in [0.5, 0.6) is 0 Å². The molecule has 1 atom stereocenters. The highest BCUT2D eigenvalue weighted by atomic mass is 35.5. The van der Waals surface area contributed by atoms with Gasteiger partial charge in [0.2, 0.25) is 0 Å². The van der Waals surface area contributed by atoms with E-state index in [1.165, 1.54) is 4.88 Å². The van der Waals surface area contributed by atoms with Crippen LogP contribution in [0, 0.1) is 6.92 Å². The van der Waals surface area contributed by atoms with E-state index in [0.717, 1.165) is 21.6 Å². The molecule has 2 N–H and O–H groups in total. The number of rotatable bonds is 4. The highest BCUT2D eigenvalue weighted by Crippen LogP contribution is 2.21. The Morgan fingerprint density at radius 2 is 2.19 bits per heavy atom. The fourth-order valence-electron chi connectivity index (χ4n) is 1.95. The van der Waals surface area contributed by atoms with Crippen molar-refractivity contribution in [3.8, 4) is 0 Å². The number of aryl methyl sites for hydroxylation is 1. The lowest BCUT2D eigenvalue weighted by molar-refractivity contribution is 0.685. The SMILES string of the molecule is CN=C(NCc1ncc(C)s1)NC(C)c1ccccc1Cl. The summed E-state index contributed by atoms with van der Waals surface area (Å²) in [7, 11) is 1.75. The van der Waals surface area contributed by atoms with E-state index in [4.69, 9.17) is 11.6 Å². The Morgan fingerprint density at radius 1 is 1.43 bits per heavy atom. The second-order valence-electron chi connectivity index (χ2n) is 4.68. The molecule has 0 aliphatic carbocycles. The van der Waals surface area contributed by atoms with E-state index in [-0.39, 0.29) is 6.04 Å². The molecule has 0 amide bonds. The van der Waals surface area contributed by atoms with Gasteiger partial charge in [-0.05, 0) is 25.5 Å². The zero-order valence-corrected chi connectivity index (χ0v) is 13.9. The molecule has 1 heterocycles. The van der Waals surface area contributed by atoms with Gasteiger partial charge in [0.1, 0.15) is 5.01 Å². The standard InChI is InChI=1S/C15H19ClN4S/c1-10-8-18-14(21-10)9-19-15(17-3)20-11(2)12-6-4-5-7-13(12)16/h4-8,11H,9H2,1-3H3,(H2,17,19,20). The lowest BCUT2D eigenvalue weighted by Gasteiger charge is -2.18. The van der Waals surface area contributed by atoms with E-state index in [1.807, 2.05) is 37.4 Å². The van der Waals surface area contributed by atoms with Crippen LogP contribution in [0.2, 0.25) is 5.02 Å². The normalized spacial score (nSPS) is 13.0. The third-order valence-electron chi connectivity index (χ3n) is 3.02. The van der Waals surface area contributed by atoms with Crippen molar-refractivity contribution in [2.75, 3.05) is 7.05 Å². The molecule has 1 aromatic heterocycles. The number of hydrogen-bond acceptors (Lipinski definition) is 3. The van der Waals surface area contributed by atoms with Crippen molar-refractivity contribution in [1.29, 1.82) is 0 Å². The summed E-state index contributed by atoms with van der Waals surface area (Å²) in [5, 5.41) is 8.39. The first-order chi connectivity index (χ1) is 10.1. The number of guanidine groups is 1. The maximum absolute atomic E-state index is 6.21. The fraction of sp³-hybridized carbons (Fsp3) is 0.333. The summed E-state index contributed by atoms with van der Waals surface area (Å²) in [6.07, 6.45) is 1.88. The van der Waals surface area contributed by atoms with Gasteiger partial charge in [0.05, 0.1) is 12.6 Å². The van der Waals surface area contributed by atoms with Crippen molar-refractivity contribution in [2.45, 2.75) is 26.4 Å². The smallest absolute Gasteiger partial charge is 0.191 e. The van der Waals surface area contributed by atoms with E-state index in [9.17, 15) is 0 Å². The molecule has 0 aliphatic rings. The molecular weight excluding hydrogens is 304 g/mol. The van der Waals surface area contributed by atoms with Gasteiger partial charge in [0.25, 0.3) is 0 Å². The fourth-order valence-corrected chi connectivity index (χ4v) is 2.97. The van der Waals surface area contributed by atoms with Crippen LogP contribution in [0.25, 0.3) is 0 Å². The van der Waals surface area contributed by atoms with Gasteiger partial charge in [-0.15, -0.1) is 11.3 Å². The number of hydrogen-bond donors (Lipinski definition) is 2. The van der Waals surface area contributed by atoms with E-state index >= 15 is 0 Å². The van der Waals surface area contributed by atoms with Crippen molar-refractivity contribution >= 4 is 28.9 Å². The highest BCUT2D eigenvalue weighted by molar-refractivity contribution is 7.11. The molecule has 2 aromatic rings. The summed E-state index contributed by atoms with van der Waals surface area (Å²) in [4.78, 5) is 9.77. The van der Waals surface area contributed by atoms with Crippen molar-refractivity contribution in [3.05, 3.63) is 50.9 Å². The first-order valence-corrected chi connectivity index (χ1v) is 7.92. The number of benzene rings is 1. The van der Waals surface area contributed by atoms with Gasteiger partial charge < -0.3 is 10.6 Å². The summed E-state index contributed by atoms with van der Waals surface area (Å²) in [5.74, 6) is 0.732. The third kappa shape index (κ3) is 4.44. The van der Waals surface area contributed by atoms with E-state index < -0.39 is 0 Å². The summed E-state index contributed by atoms with van der Waals surface area (Å²) in [6.45, 7) is 4.77. The zero-order valence-electron chi connectivity index (χ0n) is 12.4. The van der Waals surface area contributed by atoms with Gasteiger partial charge in [0.15, 0.2) is 5.96 Å². The van der Waals surface area contributed by atoms with Crippen LogP contribution >= 0.6 is 22.9 Å². The van der Waals surface area contributed by atoms with Gasteiger partial charge in [0, 0.05) is 23.1 Å². The summed E-state index contributed by atoms with van der Waals surface area (Å²) >= 11 is 7.89. The molecular formula is C15H19ClN4S. The maximum atomic E-state index is 6.21. The topological polar surface area (TPSA) is 49.3 Å². The third-order valence-corrected chi connectivity index (χ3v) is 4.28. The molecule has 0 spiro atoms. The number of aromatic nitrogens is 1. The lowest BCUT2D eigenvalue weighted by atomic mass is 10.1. The van der Waals surface area contributed by atoms with Gasteiger partial charge in [-0.25, -0.2) is 4.98 Å². The molecule has 6 heteroatoms. The molecule has 0 saturated heterocycles. The van der Waals surface area contributed by atoms with E-state index in [1.54, 1.807) is 18.4 Å². The Morgan fingerprint density at radius 3 is 2.81 bits per heavy atom. The molecule has 0 bridgehead atoms. The quantitative estimate of drug-likeness (QED) is 0.668. The van der Waals surface area contributed by atoms with Crippen molar-refractivity contribution in [2.24, 2.45) is 4.99 Å². The predicted molar refractivity (Wildman–Crippen MR) is 90.1 cm³/mol. The number of nitrogens with one attached hydrogen (secondary N) is 2. The van der Waals surface area contributed by atoms with Gasteiger partial charge >= 0.3 is 0 Å². The summed E-state index contributed by atoms with van der Waals surface area (Å²) < 4.78 is 0. The lowest BCUT2D eigenvalue weighted by Crippen LogP contribution is -2.38. The van der Waals surface area contributed by atoms with Crippen molar-refractivity contribution < 1.29 is 0 Å². The van der Waals surface area contributed by atoms with Crippen LogP contribution in [0.1, 0.15) is 28.4 Å². The van der Waals surface area contributed by atoms with Gasteiger partial charge in [-0.3, -0.25) is 4.99 Å². The van der Waals surface area contributed by atoms with Crippen LogP contribution in [-0.4, -0.2) is 18.0 Å². The second-order valence-corrected chi connectivity index (χ2v) is 6.40. The maximum Gasteiger partial charge on any atom is 0.191 e. The predicted octanol–water partition coefficient (Wildman–Crippen LogP) is 3.53. The number of thiazole rings is 1. The molecule has 0 radical (unpaired) electrons. The number of halogens is 1. The van der Waals surface area contributed by atoms with Crippen molar-refractivity contribution in [3.63, 3.8) is 0 Å². The Balaban J connectivity index is 1.95. The van der Waals surface area contributed by atoms with Gasteiger partial charge in [-0.1, -0.05) is 29.8 Å². The molecule has 1 aromatic carbocycles. The first-order valence-electron chi connectivity index (χ1n) is 6.73. The molecule has 2 rings (SSSR count). The van der Waals surface area contributed by atoms with E-state index in [2.05, 4.69) is 27.5 Å². The Kier molecular flexibility index (Phi) is 5.59. The largest absolute Gasteiger partial charge is 0.350 e. The van der Waals surface area contributed by atoms with Crippen LogP contribution in [0.4, 0.5) is 0 Å². The Bertz CT molecular complexity index is 624. The molecule has 0 fully saturated rings.